The minimum absolute atomic E-state index is 0.171. The van der Waals surface area contributed by atoms with Gasteiger partial charge in [-0.15, -0.1) is 0 Å². The van der Waals surface area contributed by atoms with Crippen molar-refractivity contribution in [3.05, 3.63) is 23.0 Å². The molecule has 6 heteroatoms. The molecule has 5 nitrogen and oxygen atoms in total. The van der Waals surface area contributed by atoms with E-state index < -0.39 is 0 Å². The van der Waals surface area contributed by atoms with Crippen molar-refractivity contribution in [2.45, 2.75) is 12.5 Å². The Morgan fingerprint density at radius 3 is 3.12 bits per heavy atom. The smallest absolute Gasteiger partial charge is 0.254 e. The van der Waals surface area contributed by atoms with Crippen LogP contribution in [0.1, 0.15) is 16.8 Å². The second kappa shape index (κ2) is 4.89. The number of carbonyl (C=O) groups is 1. The first-order valence-corrected chi connectivity index (χ1v) is 5.84. The van der Waals surface area contributed by atoms with Crippen LogP contribution < -0.4 is 11.1 Å². The predicted octanol–water partition coefficient (Wildman–Crippen LogP) is 0.751. The van der Waals surface area contributed by atoms with Gasteiger partial charge in [-0.1, -0.05) is 11.6 Å². The van der Waals surface area contributed by atoms with Gasteiger partial charge in [-0.25, -0.2) is 4.98 Å². The van der Waals surface area contributed by atoms with E-state index >= 15 is 0 Å². The summed E-state index contributed by atoms with van der Waals surface area (Å²) in [7, 11) is 2.03. The lowest BCUT2D eigenvalue weighted by Crippen LogP contribution is -2.36. The van der Waals surface area contributed by atoms with Crippen LogP contribution in [0.25, 0.3) is 0 Å². The Balaban J connectivity index is 2.06. The zero-order valence-corrected chi connectivity index (χ0v) is 10.4. The van der Waals surface area contributed by atoms with Gasteiger partial charge < -0.3 is 16.0 Å². The molecule has 0 saturated carbocycles. The van der Waals surface area contributed by atoms with Crippen molar-refractivity contribution < 1.29 is 4.79 Å². The van der Waals surface area contributed by atoms with Gasteiger partial charge >= 0.3 is 0 Å². The molecule has 1 unspecified atom stereocenters. The van der Waals surface area contributed by atoms with E-state index in [1.54, 1.807) is 6.07 Å². The Labute approximate surface area is 105 Å². The summed E-state index contributed by atoms with van der Waals surface area (Å²) in [5.74, 6) is -0.213. The molecular weight excluding hydrogens is 240 g/mol. The molecule has 0 radical (unpaired) electrons. The van der Waals surface area contributed by atoms with Crippen molar-refractivity contribution in [3.63, 3.8) is 0 Å². The van der Waals surface area contributed by atoms with Gasteiger partial charge in [-0.2, -0.15) is 0 Å². The molecule has 0 bridgehead atoms. The molecule has 0 aliphatic carbocycles. The van der Waals surface area contributed by atoms with E-state index in [4.69, 9.17) is 17.3 Å². The molecule has 1 aliphatic heterocycles. The minimum atomic E-state index is -0.213. The lowest BCUT2D eigenvalue weighted by Gasteiger charge is -2.13. The lowest BCUT2D eigenvalue weighted by atomic mass is 10.2. The van der Waals surface area contributed by atoms with Gasteiger partial charge in [0.05, 0.1) is 17.4 Å². The predicted molar refractivity (Wildman–Crippen MR) is 67.0 cm³/mol. The van der Waals surface area contributed by atoms with Crippen LogP contribution in [-0.4, -0.2) is 42.0 Å². The molecule has 92 valence electrons. The van der Waals surface area contributed by atoms with Crippen molar-refractivity contribution in [3.8, 4) is 0 Å². The van der Waals surface area contributed by atoms with Gasteiger partial charge in [-0.05, 0) is 26.1 Å². The van der Waals surface area contributed by atoms with Crippen LogP contribution in [0.2, 0.25) is 5.15 Å². The number of amides is 1. The van der Waals surface area contributed by atoms with Gasteiger partial charge in [0.2, 0.25) is 0 Å². The number of nitrogens with two attached hydrogens (primary N) is 1. The maximum atomic E-state index is 12.0. The minimum Gasteiger partial charge on any atom is -0.397 e. The van der Waals surface area contributed by atoms with Gasteiger partial charge in [0.1, 0.15) is 5.15 Å². The highest BCUT2D eigenvalue weighted by atomic mass is 35.5. The Bertz CT molecular complexity index is 437. The number of likely N-dealkylation sites (N-methyl/N-ethyl adjacent to an activating group) is 1. The Kier molecular flexibility index (Phi) is 3.49. The second-order valence-electron chi connectivity index (χ2n) is 4.33. The molecule has 1 aromatic rings. The summed E-state index contributed by atoms with van der Waals surface area (Å²) in [5.41, 5.74) is 6.35. The van der Waals surface area contributed by atoms with E-state index in [1.165, 1.54) is 6.20 Å². The number of aromatic nitrogens is 1. The zero-order valence-electron chi connectivity index (χ0n) is 9.61. The molecule has 1 amide bonds. The number of nitrogen functional groups attached to an aromatic ring is 1. The van der Waals surface area contributed by atoms with E-state index in [2.05, 4.69) is 15.2 Å². The Hall–Kier alpha value is -1.33. The summed E-state index contributed by atoms with van der Waals surface area (Å²) in [5, 5.41) is 3.12. The van der Waals surface area contributed by atoms with Crippen molar-refractivity contribution >= 4 is 23.2 Å². The number of likely N-dealkylation sites (tertiary alicyclic amines) is 1. The van der Waals surface area contributed by atoms with Gasteiger partial charge in [0.15, 0.2) is 0 Å². The highest BCUT2D eigenvalue weighted by Crippen LogP contribution is 2.16. The van der Waals surface area contributed by atoms with Crippen LogP contribution in [0, 0.1) is 0 Å². The topological polar surface area (TPSA) is 71.2 Å². The third-order valence-electron chi connectivity index (χ3n) is 2.83. The van der Waals surface area contributed by atoms with E-state index in [0.717, 1.165) is 19.5 Å². The summed E-state index contributed by atoms with van der Waals surface area (Å²) in [6.07, 6.45) is 2.39. The van der Waals surface area contributed by atoms with E-state index in [0.29, 0.717) is 11.3 Å². The monoisotopic (exact) mass is 254 g/mol. The van der Waals surface area contributed by atoms with Crippen LogP contribution in [0.5, 0.6) is 0 Å². The molecule has 1 aliphatic rings. The van der Waals surface area contributed by atoms with Gasteiger partial charge in [0.25, 0.3) is 5.91 Å². The largest absolute Gasteiger partial charge is 0.397 e. The van der Waals surface area contributed by atoms with Crippen LogP contribution in [0.4, 0.5) is 5.69 Å². The van der Waals surface area contributed by atoms with Crippen molar-refractivity contribution in [1.29, 1.82) is 0 Å². The standard InChI is InChI=1S/C11H15ClN4O/c1-16-3-2-8(6-16)15-11(17)9-4-7(13)5-14-10(9)12/h4-5,8H,2-3,6,13H2,1H3,(H,15,17). The van der Waals surface area contributed by atoms with Crippen molar-refractivity contribution in [1.82, 2.24) is 15.2 Å². The summed E-state index contributed by atoms with van der Waals surface area (Å²) in [6.45, 7) is 1.85. The fraction of sp³-hybridized carbons (Fsp3) is 0.455. The maximum Gasteiger partial charge on any atom is 0.254 e. The molecule has 2 rings (SSSR count). The average Bonchev–Trinajstić information content (AvgIpc) is 2.67. The quantitative estimate of drug-likeness (QED) is 0.764. The average molecular weight is 255 g/mol. The van der Waals surface area contributed by atoms with Crippen molar-refractivity contribution in [2.24, 2.45) is 0 Å². The molecule has 17 heavy (non-hydrogen) atoms. The number of rotatable bonds is 2. The SMILES string of the molecule is CN1CCC(NC(=O)c2cc(N)cnc2Cl)C1. The maximum absolute atomic E-state index is 12.0. The molecule has 1 atom stereocenters. The number of hydrogen-bond donors (Lipinski definition) is 2. The normalized spacial score (nSPS) is 20.5. The second-order valence-corrected chi connectivity index (χ2v) is 4.69. The molecule has 1 saturated heterocycles. The highest BCUT2D eigenvalue weighted by Gasteiger charge is 2.22. The summed E-state index contributed by atoms with van der Waals surface area (Å²) in [6, 6.07) is 1.72. The molecule has 3 N–H and O–H groups in total. The number of anilines is 1. The van der Waals surface area contributed by atoms with Crippen molar-refractivity contribution in [2.75, 3.05) is 25.9 Å². The lowest BCUT2D eigenvalue weighted by molar-refractivity contribution is 0.0938. The number of nitrogens with zero attached hydrogens (tertiary/aromatic N) is 2. The van der Waals surface area contributed by atoms with E-state index in [1.807, 2.05) is 7.05 Å². The Morgan fingerprint density at radius 2 is 2.47 bits per heavy atom. The summed E-state index contributed by atoms with van der Waals surface area (Å²) >= 11 is 5.87. The van der Waals surface area contributed by atoms with Crippen LogP contribution >= 0.6 is 11.6 Å². The summed E-state index contributed by atoms with van der Waals surface area (Å²) in [4.78, 5) is 18.0. The molecular formula is C11H15ClN4O. The highest BCUT2D eigenvalue weighted by molar-refractivity contribution is 6.32. The molecule has 0 spiro atoms. The van der Waals surface area contributed by atoms with Crippen LogP contribution in [0.15, 0.2) is 12.3 Å². The van der Waals surface area contributed by atoms with Crippen LogP contribution in [-0.2, 0) is 0 Å². The first kappa shape index (κ1) is 12.1. The summed E-state index contributed by atoms with van der Waals surface area (Å²) < 4.78 is 0. The number of halogens is 1. The van der Waals surface area contributed by atoms with Crippen LogP contribution in [0.3, 0.4) is 0 Å². The first-order chi connectivity index (χ1) is 8.06. The van der Waals surface area contributed by atoms with E-state index in [9.17, 15) is 4.79 Å². The molecule has 1 aromatic heterocycles. The molecule has 2 heterocycles. The fourth-order valence-electron chi connectivity index (χ4n) is 1.94. The molecule has 0 aromatic carbocycles. The number of pyridine rings is 1. The number of hydrogen-bond acceptors (Lipinski definition) is 4. The zero-order chi connectivity index (χ0) is 12.4. The van der Waals surface area contributed by atoms with E-state index in [-0.39, 0.29) is 17.1 Å². The fourth-order valence-corrected chi connectivity index (χ4v) is 2.13. The Morgan fingerprint density at radius 1 is 1.71 bits per heavy atom. The number of carbonyl (C=O) groups excluding carboxylic acids is 1. The van der Waals surface area contributed by atoms with Gasteiger partial charge in [-0.3, -0.25) is 4.79 Å². The third kappa shape index (κ3) is 2.87. The molecule has 1 fully saturated rings. The third-order valence-corrected chi connectivity index (χ3v) is 3.13. The van der Waals surface area contributed by atoms with Gasteiger partial charge in [0, 0.05) is 12.6 Å². The number of nitrogens with one attached hydrogen (secondary N) is 1. The first-order valence-electron chi connectivity index (χ1n) is 5.46.